The normalized spacial score (nSPS) is 11.8. The van der Waals surface area contributed by atoms with Gasteiger partial charge in [-0.25, -0.2) is 9.78 Å². The molecule has 0 aliphatic rings. The van der Waals surface area contributed by atoms with E-state index in [1.54, 1.807) is 17.4 Å². The molecule has 0 atom stereocenters. The molecule has 5 heteroatoms. The second-order valence-electron chi connectivity index (χ2n) is 5.77. The summed E-state index contributed by atoms with van der Waals surface area (Å²) in [5.74, 6) is -0.464. The molecular formula is C18H18N2O2S. The first-order chi connectivity index (χ1) is 11.0. The third-order valence-corrected chi connectivity index (χ3v) is 4.67. The van der Waals surface area contributed by atoms with Crippen LogP contribution in [0.1, 0.15) is 36.7 Å². The van der Waals surface area contributed by atoms with Crippen LogP contribution in [0.25, 0.3) is 22.3 Å². The summed E-state index contributed by atoms with van der Waals surface area (Å²) in [6.45, 7) is 6.24. The average molecular weight is 326 g/mol. The van der Waals surface area contributed by atoms with Crippen LogP contribution < -0.4 is 0 Å². The van der Waals surface area contributed by atoms with Crippen molar-refractivity contribution in [2.45, 2.75) is 26.7 Å². The van der Waals surface area contributed by atoms with Gasteiger partial charge in [-0.05, 0) is 30.0 Å². The number of thiazole rings is 1. The van der Waals surface area contributed by atoms with Gasteiger partial charge in [-0.3, -0.25) is 4.40 Å². The maximum atomic E-state index is 10.8. The van der Waals surface area contributed by atoms with Crippen LogP contribution in [0.15, 0.2) is 35.7 Å². The minimum absolute atomic E-state index is 0.496. The smallest absolute Gasteiger partial charge is 0.328 e. The van der Waals surface area contributed by atoms with Crippen LogP contribution in [0.4, 0.5) is 0 Å². The third kappa shape index (κ3) is 2.92. The number of carbonyl (C=O) groups is 1. The first-order valence-electron chi connectivity index (χ1n) is 7.45. The molecule has 3 aromatic rings. The van der Waals surface area contributed by atoms with Gasteiger partial charge in [0.05, 0.1) is 17.1 Å². The fourth-order valence-electron chi connectivity index (χ4n) is 2.57. The molecule has 0 unspecified atom stereocenters. The molecule has 0 aliphatic heterocycles. The van der Waals surface area contributed by atoms with Crippen molar-refractivity contribution in [3.05, 3.63) is 52.7 Å². The van der Waals surface area contributed by atoms with E-state index in [1.807, 2.05) is 11.3 Å². The Hall–Kier alpha value is -2.40. The zero-order valence-corrected chi connectivity index (χ0v) is 14.1. The van der Waals surface area contributed by atoms with Gasteiger partial charge in [0.2, 0.25) is 0 Å². The Morgan fingerprint density at radius 2 is 2.00 bits per heavy atom. The van der Waals surface area contributed by atoms with E-state index >= 15 is 0 Å². The van der Waals surface area contributed by atoms with Gasteiger partial charge in [-0.15, -0.1) is 11.3 Å². The van der Waals surface area contributed by atoms with Gasteiger partial charge < -0.3 is 5.11 Å². The quantitative estimate of drug-likeness (QED) is 0.713. The topological polar surface area (TPSA) is 54.6 Å². The van der Waals surface area contributed by atoms with Crippen LogP contribution in [-0.4, -0.2) is 20.5 Å². The van der Waals surface area contributed by atoms with Gasteiger partial charge in [0.1, 0.15) is 0 Å². The minimum Gasteiger partial charge on any atom is -0.478 e. The summed E-state index contributed by atoms with van der Waals surface area (Å²) >= 11 is 1.56. The first-order valence-corrected chi connectivity index (χ1v) is 8.33. The molecule has 0 spiro atoms. The molecule has 0 aliphatic carbocycles. The van der Waals surface area contributed by atoms with E-state index in [1.165, 1.54) is 5.56 Å². The van der Waals surface area contributed by atoms with E-state index in [4.69, 9.17) is 5.11 Å². The standard InChI is InChI=1S/C18H18N2O2S/c1-11(2)13-4-6-14(7-5-13)16-10-23-18-19-12(3)15(20(16)18)8-9-17(21)22/h4-11H,1-3H3,(H,21,22)/b9-8+. The highest BCUT2D eigenvalue weighted by Crippen LogP contribution is 2.30. The molecule has 0 radical (unpaired) electrons. The number of hydrogen-bond acceptors (Lipinski definition) is 3. The summed E-state index contributed by atoms with van der Waals surface area (Å²) in [5.41, 5.74) is 5.07. The summed E-state index contributed by atoms with van der Waals surface area (Å²) in [6.07, 6.45) is 2.76. The van der Waals surface area contributed by atoms with E-state index in [0.717, 1.165) is 33.7 Å². The zero-order chi connectivity index (χ0) is 16.6. The SMILES string of the molecule is Cc1nc2scc(-c3ccc(C(C)C)cc3)n2c1/C=C/C(=O)O. The van der Waals surface area contributed by atoms with E-state index < -0.39 is 5.97 Å². The Balaban J connectivity index is 2.12. The third-order valence-electron chi connectivity index (χ3n) is 3.84. The van der Waals surface area contributed by atoms with Crippen molar-refractivity contribution < 1.29 is 9.90 Å². The lowest BCUT2D eigenvalue weighted by Gasteiger charge is -2.07. The van der Waals surface area contributed by atoms with Crippen LogP contribution in [0.2, 0.25) is 0 Å². The molecule has 2 heterocycles. The molecule has 23 heavy (non-hydrogen) atoms. The predicted octanol–water partition coefficient (Wildman–Crippen LogP) is 4.59. The molecule has 0 fully saturated rings. The summed E-state index contributed by atoms with van der Waals surface area (Å²) < 4.78 is 2.02. The number of nitrogens with zero attached hydrogens (tertiary/aromatic N) is 2. The molecule has 0 saturated heterocycles. The number of rotatable bonds is 4. The molecule has 0 saturated carbocycles. The number of aryl methyl sites for hydroxylation is 1. The molecule has 0 amide bonds. The number of hydrogen-bond donors (Lipinski definition) is 1. The fraction of sp³-hybridized carbons (Fsp3) is 0.222. The largest absolute Gasteiger partial charge is 0.478 e. The number of carboxylic acid groups (broad SMARTS) is 1. The molecular weight excluding hydrogens is 308 g/mol. The number of fused-ring (bicyclic) bond motifs is 1. The number of benzene rings is 1. The Labute approximate surface area is 138 Å². The van der Waals surface area contributed by atoms with Crippen LogP contribution in [-0.2, 0) is 4.79 Å². The summed E-state index contributed by atoms with van der Waals surface area (Å²) in [4.78, 5) is 16.2. The Kier molecular flexibility index (Phi) is 4.05. The van der Waals surface area contributed by atoms with Gasteiger partial charge in [-0.1, -0.05) is 38.1 Å². The minimum atomic E-state index is -0.961. The van der Waals surface area contributed by atoms with Crippen molar-refractivity contribution in [2.24, 2.45) is 0 Å². The maximum absolute atomic E-state index is 10.8. The maximum Gasteiger partial charge on any atom is 0.328 e. The van der Waals surface area contributed by atoms with E-state index in [0.29, 0.717) is 5.92 Å². The van der Waals surface area contributed by atoms with E-state index in [9.17, 15) is 4.79 Å². The van der Waals surface area contributed by atoms with E-state index in [2.05, 4.69) is 48.5 Å². The summed E-state index contributed by atoms with van der Waals surface area (Å²) in [6, 6.07) is 8.49. The van der Waals surface area contributed by atoms with Crippen molar-refractivity contribution in [1.82, 2.24) is 9.38 Å². The number of aliphatic carboxylic acids is 1. The van der Waals surface area contributed by atoms with Crippen LogP contribution >= 0.6 is 11.3 Å². The number of imidazole rings is 1. The van der Waals surface area contributed by atoms with E-state index in [-0.39, 0.29) is 0 Å². The average Bonchev–Trinajstić information content (AvgIpc) is 3.03. The van der Waals surface area contributed by atoms with Gasteiger partial charge in [0, 0.05) is 11.5 Å². The van der Waals surface area contributed by atoms with Crippen LogP contribution in [0, 0.1) is 6.92 Å². The zero-order valence-electron chi connectivity index (χ0n) is 13.3. The lowest BCUT2D eigenvalue weighted by Crippen LogP contribution is -1.93. The molecule has 4 nitrogen and oxygen atoms in total. The molecule has 2 aromatic heterocycles. The predicted molar refractivity (Wildman–Crippen MR) is 94.0 cm³/mol. The van der Waals surface area contributed by atoms with Crippen molar-refractivity contribution in [2.75, 3.05) is 0 Å². The Morgan fingerprint density at radius 1 is 1.30 bits per heavy atom. The van der Waals surface area contributed by atoms with Gasteiger partial charge in [0.15, 0.2) is 4.96 Å². The highest BCUT2D eigenvalue weighted by Gasteiger charge is 2.14. The molecule has 1 aromatic carbocycles. The molecule has 118 valence electrons. The lowest BCUT2D eigenvalue weighted by molar-refractivity contribution is -0.131. The molecule has 0 bridgehead atoms. The first kappa shape index (κ1) is 15.5. The molecule has 1 N–H and O–H groups in total. The van der Waals surface area contributed by atoms with Crippen molar-refractivity contribution in [3.8, 4) is 11.3 Å². The Bertz CT molecular complexity index is 886. The second-order valence-corrected chi connectivity index (χ2v) is 6.61. The monoisotopic (exact) mass is 326 g/mol. The second kappa shape index (κ2) is 6.01. The highest BCUT2D eigenvalue weighted by molar-refractivity contribution is 7.15. The van der Waals surface area contributed by atoms with Crippen LogP contribution in [0.3, 0.4) is 0 Å². The van der Waals surface area contributed by atoms with Gasteiger partial charge >= 0.3 is 5.97 Å². The van der Waals surface area contributed by atoms with Crippen LogP contribution in [0.5, 0.6) is 0 Å². The highest BCUT2D eigenvalue weighted by atomic mass is 32.1. The summed E-state index contributed by atoms with van der Waals surface area (Å²) in [5, 5.41) is 10.9. The van der Waals surface area contributed by atoms with Gasteiger partial charge in [-0.2, -0.15) is 0 Å². The van der Waals surface area contributed by atoms with Crippen molar-refractivity contribution in [1.29, 1.82) is 0 Å². The van der Waals surface area contributed by atoms with Crippen molar-refractivity contribution >= 4 is 28.3 Å². The van der Waals surface area contributed by atoms with Gasteiger partial charge in [0.25, 0.3) is 0 Å². The Morgan fingerprint density at radius 3 is 2.61 bits per heavy atom. The summed E-state index contributed by atoms with van der Waals surface area (Å²) in [7, 11) is 0. The number of carboxylic acids is 1. The molecule has 3 rings (SSSR count). The number of aromatic nitrogens is 2. The van der Waals surface area contributed by atoms with Crippen molar-refractivity contribution in [3.63, 3.8) is 0 Å². The lowest BCUT2D eigenvalue weighted by atomic mass is 10.0. The fourth-order valence-corrected chi connectivity index (χ4v) is 3.52.